The molecular formula is C20H23N3O4S2. The fourth-order valence-corrected chi connectivity index (χ4v) is 4.88. The number of rotatable bonds is 6. The normalized spacial score (nSPS) is 14.1. The van der Waals surface area contributed by atoms with Crippen molar-refractivity contribution in [3.63, 3.8) is 0 Å². The Balaban J connectivity index is 1.66. The van der Waals surface area contributed by atoms with E-state index < -0.39 is 15.9 Å². The summed E-state index contributed by atoms with van der Waals surface area (Å²) >= 11 is 1.50. The minimum absolute atomic E-state index is 0.0351. The lowest BCUT2D eigenvalue weighted by Crippen LogP contribution is -2.38. The third-order valence-corrected chi connectivity index (χ3v) is 7.37. The van der Waals surface area contributed by atoms with E-state index in [-0.39, 0.29) is 17.3 Å². The molecule has 0 fully saturated rings. The smallest absolute Gasteiger partial charge is 0.243 e. The number of sulfonamides is 1. The largest absolute Gasteiger partial charge is 0.351 e. The molecule has 0 radical (unpaired) electrons. The standard InChI is InChI=1S/C20H23N3O4S2/c1-14-3-5-15(6-4-14)12-21-20(25)13-23(2)29(26,27)16-7-8-18-17(11-16)22-19(24)9-10-28-18/h3-8,11H,9-10,12-13H2,1-2H3,(H,21,25)(H,22,24). The maximum absolute atomic E-state index is 12.9. The zero-order chi connectivity index (χ0) is 21.0. The first kappa shape index (κ1) is 21.4. The van der Waals surface area contributed by atoms with Crippen molar-refractivity contribution in [2.24, 2.45) is 0 Å². The fourth-order valence-electron chi connectivity index (χ4n) is 2.79. The Bertz CT molecular complexity index is 1020. The molecule has 0 saturated heterocycles. The van der Waals surface area contributed by atoms with E-state index in [2.05, 4.69) is 10.6 Å². The molecule has 2 amide bonds. The van der Waals surface area contributed by atoms with E-state index in [4.69, 9.17) is 0 Å². The van der Waals surface area contributed by atoms with Crippen molar-refractivity contribution < 1.29 is 18.0 Å². The number of anilines is 1. The maximum Gasteiger partial charge on any atom is 0.243 e. The van der Waals surface area contributed by atoms with Crippen LogP contribution in [-0.4, -0.2) is 43.9 Å². The van der Waals surface area contributed by atoms with Gasteiger partial charge in [0.25, 0.3) is 0 Å². The summed E-state index contributed by atoms with van der Waals surface area (Å²) in [5.74, 6) is 0.108. The van der Waals surface area contributed by atoms with Crippen molar-refractivity contribution in [1.29, 1.82) is 0 Å². The minimum Gasteiger partial charge on any atom is -0.351 e. The molecule has 2 N–H and O–H groups in total. The molecule has 154 valence electrons. The fraction of sp³-hybridized carbons (Fsp3) is 0.300. The van der Waals surface area contributed by atoms with Crippen LogP contribution in [0.4, 0.5) is 5.69 Å². The van der Waals surface area contributed by atoms with Gasteiger partial charge in [-0.1, -0.05) is 29.8 Å². The van der Waals surface area contributed by atoms with E-state index in [1.54, 1.807) is 6.07 Å². The zero-order valence-corrected chi connectivity index (χ0v) is 17.9. The van der Waals surface area contributed by atoms with Gasteiger partial charge in [0, 0.05) is 30.7 Å². The summed E-state index contributed by atoms with van der Waals surface area (Å²) < 4.78 is 26.7. The number of likely N-dealkylation sites (N-methyl/N-ethyl adjacent to an activating group) is 1. The molecule has 1 aliphatic rings. The van der Waals surface area contributed by atoms with E-state index in [1.807, 2.05) is 31.2 Å². The number of thioether (sulfide) groups is 1. The third kappa shape index (κ3) is 5.37. The SMILES string of the molecule is Cc1ccc(CNC(=O)CN(C)S(=O)(=O)c2ccc3c(c2)NC(=O)CCS3)cc1. The lowest BCUT2D eigenvalue weighted by atomic mass is 10.1. The van der Waals surface area contributed by atoms with E-state index in [1.165, 1.54) is 30.9 Å². The Hall–Kier alpha value is -2.36. The number of fused-ring (bicyclic) bond motifs is 1. The Morgan fingerprint density at radius 2 is 1.93 bits per heavy atom. The second-order valence-corrected chi connectivity index (χ2v) is 10.0. The first-order valence-corrected chi connectivity index (χ1v) is 11.5. The van der Waals surface area contributed by atoms with Gasteiger partial charge in [-0.15, -0.1) is 11.8 Å². The zero-order valence-electron chi connectivity index (χ0n) is 16.3. The van der Waals surface area contributed by atoms with Crippen LogP contribution in [0.3, 0.4) is 0 Å². The van der Waals surface area contributed by atoms with Gasteiger partial charge < -0.3 is 10.6 Å². The minimum atomic E-state index is -3.87. The molecule has 7 nitrogen and oxygen atoms in total. The van der Waals surface area contributed by atoms with Crippen molar-refractivity contribution in [1.82, 2.24) is 9.62 Å². The van der Waals surface area contributed by atoms with Gasteiger partial charge in [-0.2, -0.15) is 4.31 Å². The summed E-state index contributed by atoms with van der Waals surface area (Å²) in [6.07, 6.45) is 0.377. The van der Waals surface area contributed by atoms with E-state index >= 15 is 0 Å². The highest BCUT2D eigenvalue weighted by molar-refractivity contribution is 7.99. The number of hydrogen-bond donors (Lipinski definition) is 2. The molecule has 0 unspecified atom stereocenters. The number of hydrogen-bond acceptors (Lipinski definition) is 5. The summed E-state index contributed by atoms with van der Waals surface area (Å²) in [6.45, 7) is 2.01. The average Bonchev–Trinajstić information content (AvgIpc) is 2.87. The average molecular weight is 434 g/mol. The summed E-state index contributed by atoms with van der Waals surface area (Å²) in [5, 5.41) is 5.47. The maximum atomic E-state index is 12.9. The Morgan fingerprint density at radius 1 is 1.21 bits per heavy atom. The van der Waals surface area contributed by atoms with Gasteiger partial charge in [-0.3, -0.25) is 9.59 Å². The van der Waals surface area contributed by atoms with Gasteiger partial charge in [0.05, 0.1) is 17.1 Å². The molecule has 0 aromatic heterocycles. The van der Waals surface area contributed by atoms with Crippen LogP contribution in [0, 0.1) is 6.92 Å². The van der Waals surface area contributed by atoms with Crippen LogP contribution in [0.25, 0.3) is 0 Å². The molecule has 3 rings (SSSR count). The summed E-state index contributed by atoms with van der Waals surface area (Å²) in [6, 6.07) is 12.4. The molecule has 2 aromatic carbocycles. The number of amides is 2. The lowest BCUT2D eigenvalue weighted by molar-refractivity contribution is -0.121. The van der Waals surface area contributed by atoms with Crippen molar-refractivity contribution in [2.45, 2.75) is 29.7 Å². The van der Waals surface area contributed by atoms with Gasteiger partial charge in [-0.25, -0.2) is 8.42 Å². The second kappa shape index (κ2) is 8.98. The Kier molecular flexibility index (Phi) is 6.61. The number of carbonyl (C=O) groups excluding carboxylic acids is 2. The van der Waals surface area contributed by atoms with Crippen molar-refractivity contribution >= 4 is 39.3 Å². The molecule has 0 atom stereocenters. The lowest BCUT2D eigenvalue weighted by Gasteiger charge is -2.18. The first-order valence-electron chi connectivity index (χ1n) is 9.11. The molecule has 9 heteroatoms. The quantitative estimate of drug-likeness (QED) is 0.729. The van der Waals surface area contributed by atoms with Gasteiger partial charge in [-0.05, 0) is 30.7 Å². The Morgan fingerprint density at radius 3 is 2.66 bits per heavy atom. The molecule has 2 aromatic rings. The van der Waals surface area contributed by atoms with Crippen molar-refractivity contribution in [3.8, 4) is 0 Å². The predicted octanol–water partition coefficient (Wildman–Crippen LogP) is 2.37. The molecular weight excluding hydrogens is 410 g/mol. The van der Waals surface area contributed by atoms with Crippen LogP contribution in [0.2, 0.25) is 0 Å². The summed E-state index contributed by atoms with van der Waals surface area (Å²) in [5.41, 5.74) is 2.55. The highest BCUT2D eigenvalue weighted by Crippen LogP contribution is 2.33. The van der Waals surface area contributed by atoms with Crippen molar-refractivity contribution in [2.75, 3.05) is 24.7 Å². The van der Waals surface area contributed by atoms with E-state index in [0.29, 0.717) is 24.4 Å². The number of nitrogens with zero attached hydrogens (tertiary/aromatic N) is 1. The topological polar surface area (TPSA) is 95.6 Å². The third-order valence-electron chi connectivity index (χ3n) is 4.50. The van der Waals surface area contributed by atoms with Gasteiger partial charge in [0.15, 0.2) is 0 Å². The molecule has 0 aliphatic carbocycles. The molecule has 29 heavy (non-hydrogen) atoms. The molecule has 0 spiro atoms. The molecule has 1 aliphatic heterocycles. The monoisotopic (exact) mass is 433 g/mol. The highest BCUT2D eigenvalue weighted by atomic mass is 32.2. The Labute approximate surface area is 174 Å². The van der Waals surface area contributed by atoms with Gasteiger partial charge >= 0.3 is 0 Å². The van der Waals surface area contributed by atoms with Crippen LogP contribution in [0.1, 0.15) is 17.5 Å². The highest BCUT2D eigenvalue weighted by Gasteiger charge is 2.25. The number of carbonyl (C=O) groups is 2. The summed E-state index contributed by atoms with van der Waals surface area (Å²) in [7, 11) is -2.51. The van der Waals surface area contributed by atoms with Gasteiger partial charge in [0.1, 0.15) is 0 Å². The van der Waals surface area contributed by atoms with Crippen LogP contribution < -0.4 is 10.6 Å². The van der Waals surface area contributed by atoms with Crippen molar-refractivity contribution in [3.05, 3.63) is 53.6 Å². The molecule has 0 bridgehead atoms. The number of nitrogens with one attached hydrogen (secondary N) is 2. The van der Waals surface area contributed by atoms with Gasteiger partial charge in [0.2, 0.25) is 21.8 Å². The van der Waals surface area contributed by atoms with E-state index in [0.717, 1.165) is 20.3 Å². The second-order valence-electron chi connectivity index (χ2n) is 6.83. The summed E-state index contributed by atoms with van der Waals surface area (Å²) in [4.78, 5) is 24.8. The number of benzene rings is 2. The van der Waals surface area contributed by atoms with Crippen LogP contribution in [0.15, 0.2) is 52.3 Å². The van der Waals surface area contributed by atoms with E-state index in [9.17, 15) is 18.0 Å². The predicted molar refractivity (Wildman–Crippen MR) is 113 cm³/mol. The van der Waals surface area contributed by atoms with Crippen LogP contribution in [0.5, 0.6) is 0 Å². The number of aryl methyl sites for hydroxylation is 1. The first-order chi connectivity index (χ1) is 13.8. The van der Waals surface area contributed by atoms with Crippen LogP contribution in [-0.2, 0) is 26.2 Å². The molecule has 1 heterocycles. The van der Waals surface area contributed by atoms with Crippen LogP contribution >= 0.6 is 11.8 Å². The molecule has 0 saturated carbocycles.